The lowest BCUT2D eigenvalue weighted by atomic mass is 10.1. The molecule has 0 atom stereocenters. The van der Waals surface area contributed by atoms with Gasteiger partial charge < -0.3 is 14.2 Å². The third kappa shape index (κ3) is 3.48. The van der Waals surface area contributed by atoms with Gasteiger partial charge in [-0.3, -0.25) is 0 Å². The summed E-state index contributed by atoms with van der Waals surface area (Å²) in [6, 6.07) is 8.35. The zero-order valence-corrected chi connectivity index (χ0v) is 16.3. The predicted molar refractivity (Wildman–Crippen MR) is 97.6 cm³/mol. The molecule has 1 fully saturated rings. The van der Waals surface area contributed by atoms with E-state index in [9.17, 15) is 17.2 Å². The number of nitrogens with zero attached hydrogens (tertiary/aromatic N) is 1. The van der Waals surface area contributed by atoms with Crippen molar-refractivity contribution in [2.75, 3.05) is 19.5 Å². The maximum atomic E-state index is 13.1. The third-order valence-electron chi connectivity index (χ3n) is 5.01. The van der Waals surface area contributed by atoms with Crippen molar-refractivity contribution in [1.29, 1.82) is 5.26 Å². The summed E-state index contributed by atoms with van der Waals surface area (Å²) in [5.41, 5.74) is 0.708. The van der Waals surface area contributed by atoms with Crippen LogP contribution in [0.25, 0.3) is 0 Å². The summed E-state index contributed by atoms with van der Waals surface area (Å²) in [4.78, 5) is 0.0956. The predicted octanol–water partition coefficient (Wildman–Crippen LogP) is 3.84. The van der Waals surface area contributed by atoms with Crippen LogP contribution in [-0.4, -0.2) is 27.9 Å². The van der Waals surface area contributed by atoms with Crippen molar-refractivity contribution in [2.24, 2.45) is 0 Å². The summed E-state index contributed by atoms with van der Waals surface area (Å²) in [5, 5.41) is 9.10. The monoisotopic (exact) mass is 421 g/mol. The molecule has 1 aliphatic heterocycles. The lowest BCUT2D eigenvalue weighted by molar-refractivity contribution is -0.164. The largest absolute Gasteiger partial charge is 0.457 e. The van der Waals surface area contributed by atoms with Crippen LogP contribution in [-0.2, 0) is 31.5 Å². The van der Waals surface area contributed by atoms with E-state index in [0.717, 1.165) is 18.4 Å². The van der Waals surface area contributed by atoms with E-state index in [1.807, 2.05) is 6.07 Å². The second-order valence-corrected chi connectivity index (χ2v) is 8.93. The normalized spacial score (nSPS) is 17.5. The summed E-state index contributed by atoms with van der Waals surface area (Å²) in [6.45, 7) is 0.686. The smallest absolute Gasteiger partial charge is 0.264 e. The Hall–Kier alpha value is -2.54. The number of ether oxygens (including phenoxy) is 3. The quantitative estimate of drug-likeness (QED) is 0.746. The number of rotatable bonds is 4. The van der Waals surface area contributed by atoms with Crippen LogP contribution in [0.4, 0.5) is 8.78 Å². The van der Waals surface area contributed by atoms with Crippen molar-refractivity contribution >= 4 is 9.84 Å². The van der Waals surface area contributed by atoms with Gasteiger partial charge in [-0.2, -0.15) is 5.26 Å². The van der Waals surface area contributed by atoms with Gasteiger partial charge in [0.05, 0.1) is 29.7 Å². The molecule has 9 heteroatoms. The fourth-order valence-electron chi connectivity index (χ4n) is 3.83. The van der Waals surface area contributed by atoms with Crippen LogP contribution in [0.5, 0.6) is 11.5 Å². The first kappa shape index (κ1) is 19.8. The van der Waals surface area contributed by atoms with E-state index >= 15 is 0 Å². The summed E-state index contributed by atoms with van der Waals surface area (Å²) in [5.74, 6) is -0.753. The second-order valence-electron chi connectivity index (χ2n) is 6.94. The Morgan fingerprint density at radius 2 is 1.93 bits per heavy atom. The van der Waals surface area contributed by atoms with E-state index in [-0.39, 0.29) is 21.8 Å². The molecule has 4 rings (SSSR count). The van der Waals surface area contributed by atoms with Crippen LogP contribution in [0.3, 0.4) is 0 Å². The fraction of sp³-hybridized carbons (Fsp3) is 0.350. The minimum Gasteiger partial charge on any atom is -0.457 e. The molecule has 1 spiro atoms. The molecular formula is C20H17F2NO5S. The van der Waals surface area contributed by atoms with Crippen LogP contribution < -0.4 is 4.74 Å². The van der Waals surface area contributed by atoms with Crippen LogP contribution in [0.2, 0.25) is 0 Å². The highest BCUT2D eigenvalue weighted by Crippen LogP contribution is 2.50. The number of alkyl halides is 2. The highest BCUT2D eigenvalue weighted by Gasteiger charge is 2.48. The van der Waals surface area contributed by atoms with Crippen molar-refractivity contribution in [3.05, 3.63) is 52.6 Å². The molecule has 152 valence electrons. The maximum Gasteiger partial charge on any atom is 0.264 e. The highest BCUT2D eigenvalue weighted by atomic mass is 32.2. The maximum absolute atomic E-state index is 13.1. The number of nitriles is 1. The fourth-order valence-corrected chi connectivity index (χ4v) is 4.80. The Morgan fingerprint density at radius 1 is 1.21 bits per heavy atom. The van der Waals surface area contributed by atoms with Crippen molar-refractivity contribution in [3.63, 3.8) is 0 Å². The zero-order valence-electron chi connectivity index (χ0n) is 15.4. The topological polar surface area (TPSA) is 85.6 Å². The molecule has 2 aromatic rings. The number of hydrogen-bond donors (Lipinski definition) is 0. The Kier molecular flexibility index (Phi) is 4.81. The highest BCUT2D eigenvalue weighted by molar-refractivity contribution is 7.90. The first-order valence-corrected chi connectivity index (χ1v) is 10.8. The Balaban J connectivity index is 1.83. The SMILES string of the molecule is CS(=O)(=O)c1ccc(Oc2cc(C#N)cc(C(F)F)c2)c2c1C1(CC2)OCCO1. The van der Waals surface area contributed by atoms with Crippen LogP contribution in [0, 0.1) is 11.3 Å². The standard InChI is InChI=1S/C20H17F2NO5S/c1-29(24,25)17-3-2-16(15-4-5-20(18(15)17)26-6-7-27-20)28-14-9-12(11-23)8-13(10-14)19(21)22/h2-3,8-10,19H,4-7H2,1H3. The van der Waals surface area contributed by atoms with E-state index in [1.165, 1.54) is 18.2 Å². The molecule has 0 radical (unpaired) electrons. The van der Waals surface area contributed by atoms with Crippen molar-refractivity contribution in [1.82, 2.24) is 0 Å². The number of fused-ring (bicyclic) bond motifs is 2. The van der Waals surface area contributed by atoms with Crippen LogP contribution >= 0.6 is 0 Å². The average molecular weight is 421 g/mol. The molecule has 0 N–H and O–H groups in total. The first-order chi connectivity index (χ1) is 13.7. The van der Waals surface area contributed by atoms with Crippen molar-refractivity contribution in [3.8, 4) is 17.6 Å². The van der Waals surface area contributed by atoms with Gasteiger partial charge in [-0.25, -0.2) is 17.2 Å². The van der Waals surface area contributed by atoms with Crippen molar-refractivity contribution in [2.45, 2.75) is 29.9 Å². The second kappa shape index (κ2) is 7.06. The molecule has 6 nitrogen and oxygen atoms in total. The van der Waals surface area contributed by atoms with Crippen LogP contribution in [0.1, 0.15) is 35.1 Å². The van der Waals surface area contributed by atoms with E-state index < -0.39 is 22.0 Å². The van der Waals surface area contributed by atoms with E-state index in [2.05, 4.69) is 0 Å². The summed E-state index contributed by atoms with van der Waals surface area (Å²) in [6.07, 6.45) is -0.790. The van der Waals surface area contributed by atoms with Gasteiger partial charge in [0, 0.05) is 29.4 Å². The molecule has 2 aromatic carbocycles. The van der Waals surface area contributed by atoms with Crippen molar-refractivity contribution < 1.29 is 31.4 Å². The van der Waals surface area contributed by atoms with Gasteiger partial charge in [0.25, 0.3) is 6.43 Å². The number of hydrogen-bond acceptors (Lipinski definition) is 6. The number of sulfone groups is 1. The Bertz CT molecular complexity index is 1120. The molecular weight excluding hydrogens is 404 g/mol. The Morgan fingerprint density at radius 3 is 2.55 bits per heavy atom. The average Bonchev–Trinajstić information content (AvgIpc) is 3.29. The summed E-state index contributed by atoms with van der Waals surface area (Å²) < 4.78 is 68.3. The molecule has 0 unspecified atom stereocenters. The molecule has 1 heterocycles. The minimum atomic E-state index is -3.57. The van der Waals surface area contributed by atoms with Gasteiger partial charge in [0.2, 0.25) is 0 Å². The van der Waals surface area contributed by atoms with E-state index in [0.29, 0.717) is 42.9 Å². The lowest BCUT2D eigenvalue weighted by Crippen LogP contribution is -2.26. The molecule has 1 aliphatic carbocycles. The molecule has 1 saturated heterocycles. The van der Waals surface area contributed by atoms with Gasteiger partial charge in [0.15, 0.2) is 15.6 Å². The van der Waals surface area contributed by atoms with Gasteiger partial charge in [-0.15, -0.1) is 0 Å². The first-order valence-electron chi connectivity index (χ1n) is 8.89. The third-order valence-corrected chi connectivity index (χ3v) is 6.15. The molecule has 0 saturated carbocycles. The summed E-state index contributed by atoms with van der Waals surface area (Å²) in [7, 11) is -3.57. The molecule has 2 aliphatic rings. The summed E-state index contributed by atoms with van der Waals surface area (Å²) >= 11 is 0. The minimum absolute atomic E-state index is 0.0427. The van der Waals surface area contributed by atoms with Gasteiger partial charge in [-0.05, 0) is 36.8 Å². The Labute approximate surface area is 166 Å². The van der Waals surface area contributed by atoms with Crippen LogP contribution in [0.15, 0.2) is 35.2 Å². The number of halogens is 2. The number of benzene rings is 2. The van der Waals surface area contributed by atoms with E-state index in [1.54, 1.807) is 0 Å². The lowest BCUT2D eigenvalue weighted by Gasteiger charge is -2.25. The molecule has 29 heavy (non-hydrogen) atoms. The molecule has 0 aromatic heterocycles. The molecule has 0 bridgehead atoms. The van der Waals surface area contributed by atoms with Gasteiger partial charge in [-0.1, -0.05) is 0 Å². The van der Waals surface area contributed by atoms with E-state index in [4.69, 9.17) is 19.5 Å². The van der Waals surface area contributed by atoms with Gasteiger partial charge >= 0.3 is 0 Å². The zero-order chi connectivity index (χ0) is 20.8. The molecule has 0 amide bonds. The van der Waals surface area contributed by atoms with Gasteiger partial charge in [0.1, 0.15) is 11.5 Å².